The standard InChI is InChI=1S/C22H23N3O2/c1-26-20-13-9-19(10-14-20)25-22(23)24-15-17-7-11-21(12-8-17)27-16-18-5-3-2-4-6-18/h2-14H,15-16H2,1H3,(H3,23,24,25). The average molecular weight is 361 g/mol. The molecular weight excluding hydrogens is 338 g/mol. The van der Waals surface area contributed by atoms with Gasteiger partial charge < -0.3 is 20.5 Å². The fourth-order valence-electron chi connectivity index (χ4n) is 2.47. The van der Waals surface area contributed by atoms with Crippen molar-refractivity contribution < 1.29 is 9.47 Å². The van der Waals surface area contributed by atoms with Gasteiger partial charge in [0.15, 0.2) is 5.96 Å². The van der Waals surface area contributed by atoms with E-state index >= 15 is 0 Å². The molecule has 0 heterocycles. The highest BCUT2D eigenvalue weighted by Crippen LogP contribution is 2.16. The van der Waals surface area contributed by atoms with Gasteiger partial charge in [-0.3, -0.25) is 0 Å². The number of rotatable bonds is 7. The van der Waals surface area contributed by atoms with Crippen LogP contribution in [0.4, 0.5) is 5.69 Å². The molecule has 0 radical (unpaired) electrons. The molecule has 3 aromatic rings. The van der Waals surface area contributed by atoms with E-state index in [1.165, 1.54) is 0 Å². The molecular formula is C22H23N3O2. The number of nitrogens with one attached hydrogen (secondary N) is 1. The Kier molecular flexibility index (Phi) is 6.30. The Labute approximate surface area is 159 Å². The molecule has 3 rings (SSSR count). The van der Waals surface area contributed by atoms with E-state index in [4.69, 9.17) is 15.2 Å². The lowest BCUT2D eigenvalue weighted by molar-refractivity contribution is 0.306. The third-order valence-corrected chi connectivity index (χ3v) is 3.97. The summed E-state index contributed by atoms with van der Waals surface area (Å²) in [4.78, 5) is 4.37. The van der Waals surface area contributed by atoms with Crippen LogP contribution in [-0.2, 0) is 13.2 Å². The monoisotopic (exact) mass is 361 g/mol. The van der Waals surface area contributed by atoms with Gasteiger partial charge in [-0.15, -0.1) is 0 Å². The van der Waals surface area contributed by atoms with Crippen LogP contribution in [0.5, 0.6) is 11.5 Å². The van der Waals surface area contributed by atoms with E-state index in [1.807, 2.05) is 78.9 Å². The summed E-state index contributed by atoms with van der Waals surface area (Å²) in [5.41, 5.74) is 9.01. The van der Waals surface area contributed by atoms with Crippen LogP contribution in [0.3, 0.4) is 0 Å². The van der Waals surface area contributed by atoms with Gasteiger partial charge in [-0.05, 0) is 47.5 Å². The number of hydrogen-bond acceptors (Lipinski definition) is 3. The molecule has 27 heavy (non-hydrogen) atoms. The van der Waals surface area contributed by atoms with Gasteiger partial charge >= 0.3 is 0 Å². The number of nitrogens with zero attached hydrogens (tertiary/aromatic N) is 1. The van der Waals surface area contributed by atoms with Gasteiger partial charge in [0.2, 0.25) is 0 Å². The third kappa shape index (κ3) is 5.78. The van der Waals surface area contributed by atoms with Gasteiger partial charge in [0, 0.05) is 5.69 Å². The molecule has 0 aliphatic rings. The minimum atomic E-state index is 0.365. The van der Waals surface area contributed by atoms with Crippen LogP contribution in [0.25, 0.3) is 0 Å². The van der Waals surface area contributed by atoms with Crippen LogP contribution >= 0.6 is 0 Å². The number of benzene rings is 3. The fraction of sp³-hybridized carbons (Fsp3) is 0.136. The highest BCUT2D eigenvalue weighted by atomic mass is 16.5. The first-order chi connectivity index (χ1) is 13.2. The minimum Gasteiger partial charge on any atom is -0.497 e. The summed E-state index contributed by atoms with van der Waals surface area (Å²) in [5, 5.41) is 3.06. The van der Waals surface area contributed by atoms with Gasteiger partial charge in [-0.2, -0.15) is 0 Å². The first-order valence-electron chi connectivity index (χ1n) is 8.69. The maximum Gasteiger partial charge on any atom is 0.193 e. The molecule has 0 amide bonds. The summed E-state index contributed by atoms with van der Waals surface area (Å²) < 4.78 is 10.9. The number of aliphatic imine (C=N–C) groups is 1. The molecule has 3 aromatic carbocycles. The summed E-state index contributed by atoms with van der Waals surface area (Å²) in [5.74, 6) is 1.99. The Morgan fingerprint density at radius 1 is 0.852 bits per heavy atom. The predicted octanol–water partition coefficient (Wildman–Crippen LogP) is 4.20. The van der Waals surface area contributed by atoms with Gasteiger partial charge in [0.25, 0.3) is 0 Å². The lowest BCUT2D eigenvalue weighted by Gasteiger charge is -2.08. The van der Waals surface area contributed by atoms with Crippen LogP contribution in [0.15, 0.2) is 83.9 Å². The van der Waals surface area contributed by atoms with Crippen molar-refractivity contribution in [2.24, 2.45) is 10.7 Å². The quantitative estimate of drug-likeness (QED) is 0.489. The molecule has 0 aliphatic heterocycles. The van der Waals surface area contributed by atoms with Crippen molar-refractivity contribution in [3.05, 3.63) is 90.0 Å². The zero-order chi connectivity index (χ0) is 18.9. The number of nitrogens with two attached hydrogens (primary N) is 1. The molecule has 0 fully saturated rings. The topological polar surface area (TPSA) is 68.9 Å². The van der Waals surface area contributed by atoms with Crippen molar-refractivity contribution in [1.82, 2.24) is 0 Å². The van der Waals surface area contributed by atoms with Crippen LogP contribution in [0, 0.1) is 0 Å². The van der Waals surface area contributed by atoms with E-state index in [0.717, 1.165) is 28.3 Å². The second-order valence-corrected chi connectivity index (χ2v) is 5.97. The Morgan fingerprint density at radius 2 is 1.52 bits per heavy atom. The van der Waals surface area contributed by atoms with Crippen LogP contribution < -0.4 is 20.5 Å². The Bertz CT molecular complexity index is 860. The van der Waals surface area contributed by atoms with Crippen molar-refractivity contribution in [2.45, 2.75) is 13.2 Å². The SMILES string of the molecule is COc1ccc(NC(N)=NCc2ccc(OCc3ccccc3)cc2)cc1. The third-order valence-electron chi connectivity index (χ3n) is 3.97. The molecule has 5 nitrogen and oxygen atoms in total. The summed E-state index contributed by atoms with van der Waals surface area (Å²) in [7, 11) is 1.64. The highest BCUT2D eigenvalue weighted by molar-refractivity contribution is 5.92. The second kappa shape index (κ2) is 9.29. The van der Waals surface area contributed by atoms with Gasteiger partial charge in [0.05, 0.1) is 13.7 Å². The Hall–Kier alpha value is -3.47. The number of anilines is 1. The largest absolute Gasteiger partial charge is 0.497 e. The summed E-state index contributed by atoms with van der Waals surface area (Å²) >= 11 is 0. The maximum atomic E-state index is 5.95. The van der Waals surface area contributed by atoms with E-state index in [-0.39, 0.29) is 0 Å². The van der Waals surface area contributed by atoms with Crippen LogP contribution in [0.1, 0.15) is 11.1 Å². The molecule has 0 saturated carbocycles. The molecule has 5 heteroatoms. The molecule has 3 N–H and O–H groups in total. The first kappa shape index (κ1) is 18.3. The lowest BCUT2D eigenvalue weighted by Crippen LogP contribution is -2.22. The molecule has 138 valence electrons. The van der Waals surface area contributed by atoms with Gasteiger partial charge in [-0.25, -0.2) is 4.99 Å². The molecule has 0 spiro atoms. The van der Waals surface area contributed by atoms with Crippen molar-refractivity contribution in [1.29, 1.82) is 0 Å². The normalized spacial score (nSPS) is 11.1. The van der Waals surface area contributed by atoms with Crippen molar-refractivity contribution in [2.75, 3.05) is 12.4 Å². The summed E-state index contributed by atoms with van der Waals surface area (Å²) in [6.07, 6.45) is 0. The second-order valence-electron chi connectivity index (χ2n) is 5.97. The van der Waals surface area contributed by atoms with E-state index in [2.05, 4.69) is 10.3 Å². The average Bonchev–Trinajstić information content (AvgIpc) is 2.73. The molecule has 0 aliphatic carbocycles. The molecule has 0 atom stereocenters. The number of ether oxygens (including phenoxy) is 2. The zero-order valence-electron chi connectivity index (χ0n) is 15.3. The maximum absolute atomic E-state index is 5.95. The van der Waals surface area contributed by atoms with Crippen molar-refractivity contribution in [3.63, 3.8) is 0 Å². The van der Waals surface area contributed by atoms with Crippen LogP contribution in [0.2, 0.25) is 0 Å². The van der Waals surface area contributed by atoms with Crippen molar-refractivity contribution in [3.8, 4) is 11.5 Å². The van der Waals surface area contributed by atoms with Crippen molar-refractivity contribution >= 4 is 11.6 Å². The lowest BCUT2D eigenvalue weighted by atomic mass is 10.2. The Morgan fingerprint density at radius 3 is 2.19 bits per heavy atom. The van der Waals surface area contributed by atoms with E-state index in [1.54, 1.807) is 7.11 Å². The first-order valence-corrected chi connectivity index (χ1v) is 8.69. The van der Waals surface area contributed by atoms with Gasteiger partial charge in [0.1, 0.15) is 18.1 Å². The number of hydrogen-bond donors (Lipinski definition) is 2. The summed E-state index contributed by atoms with van der Waals surface area (Å²) in [6, 6.07) is 25.5. The van der Waals surface area contributed by atoms with Crippen LogP contribution in [-0.4, -0.2) is 13.1 Å². The number of guanidine groups is 1. The molecule has 0 unspecified atom stereocenters. The van der Waals surface area contributed by atoms with Gasteiger partial charge in [-0.1, -0.05) is 42.5 Å². The summed E-state index contributed by atoms with van der Waals surface area (Å²) in [6.45, 7) is 1.05. The zero-order valence-corrected chi connectivity index (χ0v) is 15.3. The van der Waals surface area contributed by atoms with E-state index < -0.39 is 0 Å². The minimum absolute atomic E-state index is 0.365. The smallest absolute Gasteiger partial charge is 0.193 e. The molecule has 0 bridgehead atoms. The predicted molar refractivity (Wildman–Crippen MR) is 109 cm³/mol. The number of methoxy groups -OCH3 is 1. The fourth-order valence-corrected chi connectivity index (χ4v) is 2.47. The van der Waals surface area contributed by atoms with E-state index in [0.29, 0.717) is 19.1 Å². The highest BCUT2D eigenvalue weighted by Gasteiger charge is 1.99. The Balaban J connectivity index is 1.50. The molecule has 0 aromatic heterocycles. The van der Waals surface area contributed by atoms with E-state index in [9.17, 15) is 0 Å². The molecule has 0 saturated heterocycles.